The van der Waals surface area contributed by atoms with Crippen molar-refractivity contribution in [3.63, 3.8) is 0 Å². The lowest BCUT2D eigenvalue weighted by Crippen LogP contribution is -2.67. The first-order chi connectivity index (χ1) is 12.4. The van der Waals surface area contributed by atoms with Gasteiger partial charge in [0.05, 0.1) is 12.6 Å². The molecule has 0 aromatic heterocycles. The predicted octanol–water partition coefficient (Wildman–Crippen LogP) is 3.09. The van der Waals surface area contributed by atoms with E-state index in [4.69, 9.17) is 25.6 Å². The zero-order valence-electron chi connectivity index (χ0n) is 17.9. The van der Waals surface area contributed by atoms with Crippen LogP contribution in [-0.2, 0) is 17.7 Å². The smallest absolute Gasteiger partial charge is 0.335 e. The highest BCUT2D eigenvalue weighted by atomic mass is 28.5. The molecule has 1 N–H and O–H groups in total. The van der Waals surface area contributed by atoms with Gasteiger partial charge in [0.1, 0.15) is 26.1 Å². The van der Waals surface area contributed by atoms with Crippen LogP contribution in [0.1, 0.15) is 55.4 Å². The van der Waals surface area contributed by atoms with Crippen molar-refractivity contribution in [3.05, 3.63) is 0 Å². The lowest BCUT2D eigenvalue weighted by atomic mass is 9.81. The van der Waals surface area contributed by atoms with E-state index in [1.165, 1.54) is 0 Å². The third kappa shape index (κ3) is 3.59. The topological polar surface area (TPSA) is 80.9 Å². The molecule has 2 fully saturated rings. The first-order valence-corrected chi connectivity index (χ1v) is 13.9. The van der Waals surface area contributed by atoms with Gasteiger partial charge in [-0.25, -0.2) is 0 Å². The lowest BCUT2D eigenvalue weighted by molar-refractivity contribution is -0.0443. The largest absolute Gasteiger partial charge is 0.414 e. The highest BCUT2D eigenvalue weighted by Crippen LogP contribution is 2.48. The summed E-state index contributed by atoms with van der Waals surface area (Å²) in [5.41, 5.74) is -1.29. The van der Waals surface area contributed by atoms with E-state index < -0.39 is 40.9 Å². The average molecular weight is 411 g/mol. The number of hydrogen-bond donors (Lipinski definition) is 1. The van der Waals surface area contributed by atoms with Crippen molar-refractivity contribution < 1.29 is 22.8 Å². The summed E-state index contributed by atoms with van der Waals surface area (Å²) in [6.45, 7) is 17.1. The zero-order valence-corrected chi connectivity index (χ0v) is 19.9. The Morgan fingerprint density at radius 2 is 1.48 bits per heavy atom. The summed E-state index contributed by atoms with van der Waals surface area (Å²) in [6.07, 6.45) is -1.48. The van der Waals surface area contributed by atoms with Crippen LogP contribution in [0.5, 0.6) is 0 Å². The van der Waals surface area contributed by atoms with Gasteiger partial charge < -0.3 is 22.8 Å². The van der Waals surface area contributed by atoms with Gasteiger partial charge in [-0.05, 0) is 22.2 Å². The monoisotopic (exact) mass is 411 g/mol. The summed E-state index contributed by atoms with van der Waals surface area (Å²) in [5, 5.41) is 20.5. The van der Waals surface area contributed by atoms with Crippen molar-refractivity contribution in [2.45, 2.75) is 101 Å². The third-order valence-corrected chi connectivity index (χ3v) is 16.3. The SMILES string of the molecule is [B][C@@H]1O[C@H]2CO[Si](C(C)C)(C(C)C)O[Si](C(C)C)(C(C)C)OC2[C@@]1(O)C#N. The molecule has 0 aromatic rings. The van der Waals surface area contributed by atoms with Crippen LogP contribution in [0, 0.1) is 11.3 Å². The summed E-state index contributed by atoms with van der Waals surface area (Å²) in [4.78, 5) is 0. The molecule has 152 valence electrons. The van der Waals surface area contributed by atoms with Gasteiger partial charge in [0.2, 0.25) is 0 Å². The number of hydrogen-bond acceptors (Lipinski definition) is 6. The van der Waals surface area contributed by atoms with Gasteiger partial charge in [0.15, 0.2) is 5.60 Å². The highest BCUT2D eigenvalue weighted by Gasteiger charge is 2.64. The molecular formula is C18H34BNO5Si2. The van der Waals surface area contributed by atoms with Crippen molar-refractivity contribution in [1.82, 2.24) is 0 Å². The van der Waals surface area contributed by atoms with Crippen molar-refractivity contribution in [2.75, 3.05) is 6.61 Å². The van der Waals surface area contributed by atoms with Gasteiger partial charge in [0, 0.05) is 0 Å². The number of nitrogens with zero attached hydrogens (tertiary/aromatic N) is 1. The fourth-order valence-corrected chi connectivity index (χ4v) is 15.6. The fourth-order valence-electron chi connectivity index (χ4n) is 4.35. The molecule has 0 saturated carbocycles. The summed E-state index contributed by atoms with van der Waals surface area (Å²) < 4.78 is 25.9. The van der Waals surface area contributed by atoms with Crippen LogP contribution in [0.2, 0.25) is 22.2 Å². The van der Waals surface area contributed by atoms with Gasteiger partial charge in [0.25, 0.3) is 0 Å². The van der Waals surface area contributed by atoms with Crippen molar-refractivity contribution in [1.29, 1.82) is 5.26 Å². The third-order valence-electron chi connectivity index (χ3n) is 6.03. The molecule has 2 rings (SSSR count). The molecule has 27 heavy (non-hydrogen) atoms. The standard InChI is InChI=1S/C18H34BNO5Si2/c1-11(2)26(12(3)4)22-9-15-16(18(21,10-20)17(19)23-15)24-27(25-26,13(5)6)14(7)8/h11-17,21H,9H2,1-8H3/t15-,16?,17+,18-/m0/s1. The Hall–Kier alpha value is -0.211. The minimum absolute atomic E-state index is 0.101. The van der Waals surface area contributed by atoms with Crippen LogP contribution in [0.4, 0.5) is 0 Å². The molecule has 2 radical (unpaired) electrons. The number of rotatable bonds is 4. The van der Waals surface area contributed by atoms with Gasteiger partial charge in [-0.15, -0.1) is 0 Å². The van der Waals surface area contributed by atoms with E-state index in [2.05, 4.69) is 55.4 Å². The van der Waals surface area contributed by atoms with Gasteiger partial charge in [-0.3, -0.25) is 0 Å². The maximum atomic E-state index is 10.9. The van der Waals surface area contributed by atoms with E-state index in [0.29, 0.717) is 0 Å². The Kier molecular flexibility index (Phi) is 6.75. The minimum Gasteiger partial charge on any atom is -0.414 e. The quantitative estimate of drug-likeness (QED) is 0.566. The van der Waals surface area contributed by atoms with Gasteiger partial charge >= 0.3 is 17.1 Å². The van der Waals surface area contributed by atoms with E-state index in [1.807, 2.05) is 6.07 Å². The molecule has 0 aromatic carbocycles. The van der Waals surface area contributed by atoms with Crippen LogP contribution >= 0.6 is 0 Å². The molecular weight excluding hydrogens is 377 g/mol. The number of ether oxygens (including phenoxy) is 1. The lowest BCUT2D eigenvalue weighted by Gasteiger charge is -2.51. The molecule has 6 nitrogen and oxygen atoms in total. The van der Waals surface area contributed by atoms with Crippen molar-refractivity contribution in [2.24, 2.45) is 0 Å². The molecule has 9 heteroatoms. The molecule has 4 atom stereocenters. The van der Waals surface area contributed by atoms with Gasteiger partial charge in [-0.1, -0.05) is 55.4 Å². The number of nitriles is 1. The minimum atomic E-state index is -2.91. The van der Waals surface area contributed by atoms with E-state index >= 15 is 0 Å². The van der Waals surface area contributed by atoms with E-state index in [-0.39, 0.29) is 28.8 Å². The molecule has 2 heterocycles. The normalized spacial score (nSPS) is 35.9. The predicted molar refractivity (Wildman–Crippen MR) is 109 cm³/mol. The van der Waals surface area contributed by atoms with Crippen LogP contribution in [-0.4, -0.2) is 60.5 Å². The molecule has 2 aliphatic heterocycles. The van der Waals surface area contributed by atoms with Crippen LogP contribution in [0.3, 0.4) is 0 Å². The fraction of sp³-hybridized carbons (Fsp3) is 0.944. The molecule has 1 unspecified atom stereocenters. The summed E-state index contributed by atoms with van der Waals surface area (Å²) in [7, 11) is 0.390. The first-order valence-electron chi connectivity index (χ1n) is 9.94. The zero-order chi connectivity index (χ0) is 20.8. The molecule has 0 amide bonds. The van der Waals surface area contributed by atoms with E-state index in [0.717, 1.165) is 0 Å². The summed E-state index contributed by atoms with van der Waals surface area (Å²) >= 11 is 0. The average Bonchev–Trinajstić information content (AvgIpc) is 2.78. The Labute approximate surface area is 167 Å². The second-order valence-electron chi connectivity index (χ2n) is 9.05. The Morgan fingerprint density at radius 1 is 1.00 bits per heavy atom. The van der Waals surface area contributed by atoms with E-state index in [9.17, 15) is 10.4 Å². The number of aliphatic hydroxyl groups is 1. The van der Waals surface area contributed by atoms with Crippen LogP contribution < -0.4 is 0 Å². The van der Waals surface area contributed by atoms with Crippen LogP contribution in [0.15, 0.2) is 0 Å². The molecule has 2 aliphatic rings. The van der Waals surface area contributed by atoms with Crippen LogP contribution in [0.25, 0.3) is 0 Å². The maximum absolute atomic E-state index is 10.9. The molecule has 0 spiro atoms. The molecule has 0 bridgehead atoms. The Morgan fingerprint density at radius 3 is 1.89 bits per heavy atom. The second-order valence-corrected chi connectivity index (χ2v) is 17.9. The van der Waals surface area contributed by atoms with Gasteiger partial charge in [-0.2, -0.15) is 5.26 Å². The Bertz CT molecular complexity index is 567. The number of fused-ring (bicyclic) bond motifs is 1. The van der Waals surface area contributed by atoms with Crippen molar-refractivity contribution in [3.8, 4) is 6.07 Å². The van der Waals surface area contributed by atoms with E-state index in [1.54, 1.807) is 0 Å². The molecule has 0 aliphatic carbocycles. The second kappa shape index (κ2) is 7.90. The maximum Gasteiger partial charge on any atom is 0.335 e. The first kappa shape index (κ1) is 23.1. The molecule has 2 saturated heterocycles. The summed E-state index contributed by atoms with van der Waals surface area (Å²) in [6, 6.07) is 0.783. The highest BCUT2D eigenvalue weighted by molar-refractivity contribution is 6.84. The van der Waals surface area contributed by atoms with Crippen molar-refractivity contribution >= 4 is 25.0 Å². The summed E-state index contributed by atoms with van der Waals surface area (Å²) in [5.74, 6) is 0. The Balaban J connectivity index is 2.62.